The molecule has 96 valence electrons. The van der Waals surface area contributed by atoms with Crippen LogP contribution in [0.5, 0.6) is 17.2 Å². The average molecular weight is 256 g/mol. The SMILES string of the molecule is C#CCc1ccc(F)c(Oc2ccc(OC)cc2)c1. The number of ether oxygens (including phenoxy) is 2. The molecule has 19 heavy (non-hydrogen) atoms. The minimum absolute atomic E-state index is 0.165. The van der Waals surface area contributed by atoms with Gasteiger partial charge in [-0.2, -0.15) is 0 Å². The molecule has 0 radical (unpaired) electrons. The van der Waals surface area contributed by atoms with Crippen LogP contribution in [0.15, 0.2) is 42.5 Å². The maximum Gasteiger partial charge on any atom is 0.165 e. The van der Waals surface area contributed by atoms with Gasteiger partial charge in [-0.05, 0) is 42.0 Å². The summed E-state index contributed by atoms with van der Waals surface area (Å²) in [6, 6.07) is 11.5. The van der Waals surface area contributed by atoms with Crippen molar-refractivity contribution in [3.05, 3.63) is 53.8 Å². The number of rotatable bonds is 4. The standard InChI is InChI=1S/C16H13FO2/c1-3-4-12-5-10-15(17)16(11-12)19-14-8-6-13(18-2)7-9-14/h1,5-11H,4H2,2H3. The van der Waals surface area contributed by atoms with Gasteiger partial charge in [-0.3, -0.25) is 0 Å². The minimum Gasteiger partial charge on any atom is -0.497 e. The first-order chi connectivity index (χ1) is 9.22. The smallest absolute Gasteiger partial charge is 0.165 e. The van der Waals surface area contributed by atoms with E-state index in [1.807, 2.05) is 0 Å². The molecular weight excluding hydrogens is 243 g/mol. The van der Waals surface area contributed by atoms with E-state index in [0.717, 1.165) is 5.56 Å². The van der Waals surface area contributed by atoms with Crippen LogP contribution in [0, 0.1) is 18.2 Å². The van der Waals surface area contributed by atoms with Gasteiger partial charge < -0.3 is 9.47 Å². The van der Waals surface area contributed by atoms with Crippen LogP contribution in [0.3, 0.4) is 0 Å². The molecule has 0 aromatic heterocycles. The molecule has 0 saturated carbocycles. The summed E-state index contributed by atoms with van der Waals surface area (Å²) in [6.07, 6.45) is 5.68. The summed E-state index contributed by atoms with van der Waals surface area (Å²) in [4.78, 5) is 0. The lowest BCUT2D eigenvalue weighted by Crippen LogP contribution is -1.91. The molecule has 0 atom stereocenters. The van der Waals surface area contributed by atoms with Gasteiger partial charge in [0.25, 0.3) is 0 Å². The highest BCUT2D eigenvalue weighted by Gasteiger charge is 2.06. The zero-order valence-corrected chi connectivity index (χ0v) is 10.5. The number of terminal acetylenes is 1. The normalized spacial score (nSPS) is 9.74. The molecule has 2 aromatic rings. The van der Waals surface area contributed by atoms with Crippen molar-refractivity contribution >= 4 is 0 Å². The van der Waals surface area contributed by atoms with Crippen LogP contribution in [0.2, 0.25) is 0 Å². The monoisotopic (exact) mass is 256 g/mol. The lowest BCUT2D eigenvalue weighted by atomic mass is 10.1. The predicted molar refractivity (Wildman–Crippen MR) is 72.0 cm³/mol. The van der Waals surface area contributed by atoms with Crippen LogP contribution >= 0.6 is 0 Å². The minimum atomic E-state index is -0.420. The second kappa shape index (κ2) is 5.92. The maximum atomic E-state index is 13.6. The molecule has 0 spiro atoms. The molecule has 0 bridgehead atoms. The van der Waals surface area contributed by atoms with Crippen molar-refractivity contribution in [2.24, 2.45) is 0 Å². The van der Waals surface area contributed by atoms with E-state index in [4.69, 9.17) is 15.9 Å². The molecule has 0 aliphatic carbocycles. The Bertz CT molecular complexity index is 597. The third-order valence-corrected chi connectivity index (χ3v) is 2.59. The summed E-state index contributed by atoms with van der Waals surface area (Å²) in [7, 11) is 1.58. The van der Waals surface area contributed by atoms with E-state index in [-0.39, 0.29) is 5.75 Å². The quantitative estimate of drug-likeness (QED) is 0.774. The van der Waals surface area contributed by atoms with Crippen molar-refractivity contribution in [3.8, 4) is 29.6 Å². The fourth-order valence-electron chi connectivity index (χ4n) is 1.62. The number of benzene rings is 2. The Morgan fingerprint density at radius 2 is 1.79 bits per heavy atom. The second-order valence-corrected chi connectivity index (χ2v) is 3.92. The second-order valence-electron chi connectivity index (χ2n) is 3.92. The van der Waals surface area contributed by atoms with Gasteiger partial charge in [-0.15, -0.1) is 12.3 Å². The molecule has 2 rings (SSSR count). The van der Waals surface area contributed by atoms with Crippen molar-refractivity contribution in [2.75, 3.05) is 7.11 Å². The van der Waals surface area contributed by atoms with E-state index < -0.39 is 5.82 Å². The molecule has 0 saturated heterocycles. The lowest BCUT2D eigenvalue weighted by molar-refractivity contribution is 0.411. The number of methoxy groups -OCH3 is 1. The Kier molecular flexibility index (Phi) is 4.04. The summed E-state index contributed by atoms with van der Waals surface area (Å²) >= 11 is 0. The summed E-state index contributed by atoms with van der Waals surface area (Å²) in [5.74, 6) is 3.52. The Morgan fingerprint density at radius 3 is 2.42 bits per heavy atom. The lowest BCUT2D eigenvalue weighted by Gasteiger charge is -2.08. The van der Waals surface area contributed by atoms with E-state index in [2.05, 4.69) is 5.92 Å². The molecule has 0 aliphatic rings. The molecule has 2 nitrogen and oxygen atoms in total. The summed E-state index contributed by atoms with van der Waals surface area (Å²) in [6.45, 7) is 0. The third-order valence-electron chi connectivity index (χ3n) is 2.59. The number of hydrogen-bond acceptors (Lipinski definition) is 2. The number of hydrogen-bond donors (Lipinski definition) is 0. The Morgan fingerprint density at radius 1 is 1.11 bits per heavy atom. The van der Waals surface area contributed by atoms with Gasteiger partial charge in [0.15, 0.2) is 11.6 Å². The Balaban J connectivity index is 2.21. The first-order valence-corrected chi connectivity index (χ1v) is 5.76. The fourth-order valence-corrected chi connectivity index (χ4v) is 1.62. The van der Waals surface area contributed by atoms with Crippen LogP contribution in [0.4, 0.5) is 4.39 Å². The van der Waals surface area contributed by atoms with Crippen molar-refractivity contribution in [2.45, 2.75) is 6.42 Å². The largest absolute Gasteiger partial charge is 0.497 e. The highest BCUT2D eigenvalue weighted by molar-refractivity contribution is 5.38. The van der Waals surface area contributed by atoms with Crippen LogP contribution in [-0.2, 0) is 6.42 Å². The van der Waals surface area contributed by atoms with E-state index in [1.54, 1.807) is 43.5 Å². The van der Waals surface area contributed by atoms with Crippen molar-refractivity contribution in [3.63, 3.8) is 0 Å². The Hall–Kier alpha value is -2.47. The Labute approximate surface area is 111 Å². The van der Waals surface area contributed by atoms with E-state index >= 15 is 0 Å². The average Bonchev–Trinajstić information content (AvgIpc) is 2.44. The molecular formula is C16H13FO2. The van der Waals surface area contributed by atoms with Crippen LogP contribution in [-0.4, -0.2) is 7.11 Å². The topological polar surface area (TPSA) is 18.5 Å². The molecule has 0 heterocycles. The first kappa shape index (κ1) is 13.0. The molecule has 0 unspecified atom stereocenters. The van der Waals surface area contributed by atoms with Crippen LogP contribution in [0.1, 0.15) is 5.56 Å². The predicted octanol–water partition coefficient (Wildman–Crippen LogP) is 3.80. The van der Waals surface area contributed by atoms with Crippen LogP contribution in [0.25, 0.3) is 0 Å². The third kappa shape index (κ3) is 3.26. The summed E-state index contributed by atoms with van der Waals surface area (Å²) in [5.41, 5.74) is 0.840. The van der Waals surface area contributed by atoms with Gasteiger partial charge in [-0.25, -0.2) is 4.39 Å². The highest BCUT2D eigenvalue weighted by Crippen LogP contribution is 2.27. The van der Waals surface area contributed by atoms with E-state index in [1.165, 1.54) is 6.07 Å². The van der Waals surface area contributed by atoms with E-state index in [0.29, 0.717) is 17.9 Å². The molecule has 0 fully saturated rings. The van der Waals surface area contributed by atoms with Gasteiger partial charge in [0.2, 0.25) is 0 Å². The molecule has 3 heteroatoms. The molecule has 0 amide bonds. The van der Waals surface area contributed by atoms with Gasteiger partial charge in [-0.1, -0.05) is 6.07 Å². The highest BCUT2D eigenvalue weighted by atomic mass is 19.1. The van der Waals surface area contributed by atoms with Crippen molar-refractivity contribution < 1.29 is 13.9 Å². The van der Waals surface area contributed by atoms with Gasteiger partial charge in [0.1, 0.15) is 11.5 Å². The maximum absolute atomic E-state index is 13.6. The molecule has 0 N–H and O–H groups in total. The van der Waals surface area contributed by atoms with E-state index in [9.17, 15) is 4.39 Å². The zero-order valence-electron chi connectivity index (χ0n) is 10.5. The molecule has 2 aromatic carbocycles. The first-order valence-electron chi connectivity index (χ1n) is 5.76. The summed E-state index contributed by atoms with van der Waals surface area (Å²) in [5, 5.41) is 0. The zero-order chi connectivity index (χ0) is 13.7. The fraction of sp³-hybridized carbons (Fsp3) is 0.125. The van der Waals surface area contributed by atoms with Gasteiger partial charge in [0, 0.05) is 6.42 Å². The summed E-state index contributed by atoms with van der Waals surface area (Å²) < 4.78 is 24.2. The van der Waals surface area contributed by atoms with Crippen molar-refractivity contribution in [1.82, 2.24) is 0 Å². The van der Waals surface area contributed by atoms with Crippen LogP contribution < -0.4 is 9.47 Å². The van der Waals surface area contributed by atoms with Gasteiger partial charge in [0.05, 0.1) is 7.11 Å². The van der Waals surface area contributed by atoms with Gasteiger partial charge >= 0.3 is 0 Å². The molecule has 0 aliphatic heterocycles. The van der Waals surface area contributed by atoms with Crippen molar-refractivity contribution in [1.29, 1.82) is 0 Å². The number of halogens is 1.